The minimum Gasteiger partial charge on any atom is -0.465 e. The average molecular weight is 426 g/mol. The molecule has 1 saturated heterocycles. The molecule has 30 heavy (non-hydrogen) atoms. The lowest BCUT2D eigenvalue weighted by atomic mass is 9.95. The van der Waals surface area contributed by atoms with Crippen LogP contribution in [-0.2, 0) is 9.53 Å². The zero-order valence-electron chi connectivity index (χ0n) is 17.7. The van der Waals surface area contributed by atoms with Gasteiger partial charge in [0.25, 0.3) is 0 Å². The van der Waals surface area contributed by atoms with Crippen LogP contribution in [0.4, 0.5) is 5.00 Å². The second-order valence-electron chi connectivity index (χ2n) is 7.61. The summed E-state index contributed by atoms with van der Waals surface area (Å²) in [6.45, 7) is 6.34. The van der Waals surface area contributed by atoms with Gasteiger partial charge in [-0.05, 0) is 45.3 Å². The average Bonchev–Trinajstić information content (AvgIpc) is 3.08. The van der Waals surface area contributed by atoms with Crippen LogP contribution in [0.15, 0.2) is 24.3 Å². The number of rotatable bonds is 6. The van der Waals surface area contributed by atoms with Gasteiger partial charge in [-0.25, -0.2) is 4.79 Å². The van der Waals surface area contributed by atoms with E-state index < -0.39 is 5.97 Å². The number of nitrogens with one attached hydrogen (secondary N) is 1. The van der Waals surface area contributed by atoms with Crippen LogP contribution in [0.1, 0.15) is 40.1 Å². The summed E-state index contributed by atoms with van der Waals surface area (Å²) in [6.07, 6.45) is 2.01. The summed E-state index contributed by atoms with van der Waals surface area (Å²) in [5, 5.41) is 12.3. The number of amides is 1. The van der Waals surface area contributed by atoms with E-state index in [1.165, 1.54) is 18.4 Å². The highest BCUT2D eigenvalue weighted by Gasteiger charge is 2.29. The first-order valence-corrected chi connectivity index (χ1v) is 10.9. The number of likely N-dealkylation sites (tertiary alicyclic amines) is 1. The van der Waals surface area contributed by atoms with Crippen molar-refractivity contribution in [3.05, 3.63) is 40.3 Å². The zero-order valence-corrected chi connectivity index (χ0v) is 18.5. The first-order chi connectivity index (χ1) is 14.4. The number of piperidine rings is 1. The molecule has 1 aliphatic rings. The third-order valence-corrected chi connectivity index (χ3v) is 6.57. The van der Waals surface area contributed by atoms with E-state index in [1.807, 2.05) is 38.1 Å². The molecule has 0 aliphatic carbocycles. The van der Waals surface area contributed by atoms with E-state index in [9.17, 15) is 9.59 Å². The maximum absolute atomic E-state index is 12.9. The highest BCUT2D eigenvalue weighted by Crippen LogP contribution is 2.40. The molecule has 1 N–H and O–H groups in total. The summed E-state index contributed by atoms with van der Waals surface area (Å²) in [4.78, 5) is 28.7. The van der Waals surface area contributed by atoms with E-state index >= 15 is 0 Å². The van der Waals surface area contributed by atoms with Crippen LogP contribution in [0.2, 0.25) is 0 Å². The molecule has 1 amide bonds. The second-order valence-corrected chi connectivity index (χ2v) is 8.83. The van der Waals surface area contributed by atoms with Crippen molar-refractivity contribution in [1.29, 1.82) is 5.26 Å². The number of aryl methyl sites for hydroxylation is 2. The Labute approximate surface area is 181 Å². The number of carbonyl (C=O) groups excluding carboxylic acids is 2. The third kappa shape index (κ3) is 4.89. The normalized spacial score (nSPS) is 14.9. The van der Waals surface area contributed by atoms with Crippen molar-refractivity contribution in [2.45, 2.75) is 33.1 Å². The molecule has 158 valence electrons. The molecule has 0 radical (unpaired) electrons. The summed E-state index contributed by atoms with van der Waals surface area (Å²) < 4.78 is 5.04. The molecule has 0 saturated carbocycles. The van der Waals surface area contributed by atoms with Crippen LogP contribution in [-0.4, -0.2) is 43.5 Å². The van der Waals surface area contributed by atoms with Crippen molar-refractivity contribution in [2.24, 2.45) is 5.92 Å². The number of hydrogen-bond donors (Lipinski definition) is 1. The summed E-state index contributed by atoms with van der Waals surface area (Å²) in [5.41, 5.74) is 3.30. The molecule has 2 aromatic rings. The van der Waals surface area contributed by atoms with Gasteiger partial charge in [0.2, 0.25) is 5.91 Å². The summed E-state index contributed by atoms with van der Waals surface area (Å²) in [6, 6.07) is 10.1. The topological polar surface area (TPSA) is 82.4 Å². The zero-order chi connectivity index (χ0) is 21.7. The molecule has 2 heterocycles. The number of nitriles is 1. The Morgan fingerprint density at radius 2 is 1.90 bits per heavy atom. The molecule has 0 unspecified atom stereocenters. The van der Waals surface area contributed by atoms with Crippen LogP contribution >= 0.6 is 11.3 Å². The maximum atomic E-state index is 12.9. The first kappa shape index (κ1) is 22.0. The van der Waals surface area contributed by atoms with Crippen molar-refractivity contribution in [2.75, 3.05) is 32.1 Å². The molecule has 0 bridgehead atoms. The summed E-state index contributed by atoms with van der Waals surface area (Å²) >= 11 is 1.41. The van der Waals surface area contributed by atoms with Crippen LogP contribution < -0.4 is 5.32 Å². The molecule has 7 heteroatoms. The number of methoxy groups -OCH3 is 1. The van der Waals surface area contributed by atoms with Crippen LogP contribution in [0.25, 0.3) is 11.1 Å². The molecule has 0 spiro atoms. The Bertz CT molecular complexity index is 951. The standard InChI is InChI=1S/C23H27N3O3S/c1-15-5-7-17(8-6-15)19-16(2)30-22(20(19)23(28)29-3)25-21(27)18-9-13-26(14-10-18)12-4-11-24/h5-8,18H,4,9-10,12-14H2,1-3H3,(H,25,27). The van der Waals surface area contributed by atoms with Crippen molar-refractivity contribution < 1.29 is 14.3 Å². The van der Waals surface area contributed by atoms with E-state index in [0.717, 1.165) is 54.0 Å². The highest BCUT2D eigenvalue weighted by molar-refractivity contribution is 7.17. The highest BCUT2D eigenvalue weighted by atomic mass is 32.1. The lowest BCUT2D eigenvalue weighted by Gasteiger charge is -2.30. The Hall–Kier alpha value is -2.69. The number of carbonyl (C=O) groups is 2. The van der Waals surface area contributed by atoms with Crippen LogP contribution in [0.3, 0.4) is 0 Å². The van der Waals surface area contributed by atoms with E-state index in [4.69, 9.17) is 10.00 Å². The quantitative estimate of drug-likeness (QED) is 0.695. The number of benzene rings is 1. The molecule has 1 aromatic carbocycles. The molecule has 1 aromatic heterocycles. The Morgan fingerprint density at radius 3 is 2.50 bits per heavy atom. The molecule has 1 fully saturated rings. The van der Waals surface area contributed by atoms with Gasteiger partial charge in [-0.3, -0.25) is 4.79 Å². The molecular weight excluding hydrogens is 398 g/mol. The monoisotopic (exact) mass is 425 g/mol. The largest absolute Gasteiger partial charge is 0.465 e. The van der Waals surface area contributed by atoms with Gasteiger partial charge in [0.15, 0.2) is 0 Å². The fraction of sp³-hybridized carbons (Fsp3) is 0.435. The second kappa shape index (κ2) is 9.88. The van der Waals surface area contributed by atoms with E-state index in [2.05, 4.69) is 16.3 Å². The van der Waals surface area contributed by atoms with Gasteiger partial charge in [0, 0.05) is 29.3 Å². The fourth-order valence-corrected chi connectivity index (χ4v) is 4.91. The fourth-order valence-electron chi connectivity index (χ4n) is 3.84. The predicted molar refractivity (Wildman–Crippen MR) is 119 cm³/mol. The van der Waals surface area contributed by atoms with Gasteiger partial charge >= 0.3 is 5.97 Å². The van der Waals surface area contributed by atoms with Gasteiger partial charge in [0.05, 0.1) is 13.2 Å². The summed E-state index contributed by atoms with van der Waals surface area (Å²) in [7, 11) is 1.36. The number of anilines is 1. The maximum Gasteiger partial charge on any atom is 0.341 e. The number of nitrogens with zero attached hydrogens (tertiary/aromatic N) is 2. The summed E-state index contributed by atoms with van der Waals surface area (Å²) in [5.74, 6) is -0.604. The van der Waals surface area contributed by atoms with E-state index in [-0.39, 0.29) is 11.8 Å². The van der Waals surface area contributed by atoms with Gasteiger partial charge in [-0.15, -0.1) is 11.3 Å². The molecular formula is C23H27N3O3S. The Morgan fingerprint density at radius 1 is 1.23 bits per heavy atom. The number of thiophene rings is 1. The molecule has 6 nitrogen and oxygen atoms in total. The first-order valence-electron chi connectivity index (χ1n) is 10.1. The third-order valence-electron chi connectivity index (χ3n) is 5.55. The lowest BCUT2D eigenvalue weighted by molar-refractivity contribution is -0.121. The number of esters is 1. The number of hydrogen-bond acceptors (Lipinski definition) is 6. The van der Waals surface area contributed by atoms with Crippen molar-refractivity contribution in [1.82, 2.24) is 4.90 Å². The van der Waals surface area contributed by atoms with Gasteiger partial charge < -0.3 is 15.0 Å². The van der Waals surface area contributed by atoms with Crippen molar-refractivity contribution in [3.8, 4) is 17.2 Å². The van der Waals surface area contributed by atoms with Gasteiger partial charge in [0.1, 0.15) is 10.6 Å². The predicted octanol–water partition coefficient (Wildman–Crippen LogP) is 4.38. The van der Waals surface area contributed by atoms with Gasteiger partial charge in [-0.1, -0.05) is 29.8 Å². The molecule has 0 atom stereocenters. The minimum atomic E-state index is -0.448. The smallest absolute Gasteiger partial charge is 0.341 e. The molecule has 3 rings (SSSR count). The number of ether oxygens (including phenoxy) is 1. The lowest BCUT2D eigenvalue weighted by Crippen LogP contribution is -2.38. The van der Waals surface area contributed by atoms with Gasteiger partial charge in [-0.2, -0.15) is 5.26 Å². The minimum absolute atomic E-state index is 0.0585. The SMILES string of the molecule is COC(=O)c1c(NC(=O)C2CCN(CCC#N)CC2)sc(C)c1-c1ccc(C)cc1. The Balaban J connectivity index is 1.80. The van der Waals surface area contributed by atoms with Crippen LogP contribution in [0.5, 0.6) is 0 Å². The molecule has 1 aliphatic heterocycles. The van der Waals surface area contributed by atoms with Crippen molar-refractivity contribution in [3.63, 3.8) is 0 Å². The Kier molecular flexibility index (Phi) is 7.24. The van der Waals surface area contributed by atoms with E-state index in [1.54, 1.807) is 0 Å². The van der Waals surface area contributed by atoms with Crippen molar-refractivity contribution >= 4 is 28.2 Å². The van der Waals surface area contributed by atoms with E-state index in [0.29, 0.717) is 17.0 Å². The van der Waals surface area contributed by atoms with Crippen LogP contribution in [0, 0.1) is 31.1 Å².